The second-order valence-corrected chi connectivity index (χ2v) is 8.34. The molecule has 1 aliphatic rings. The molecule has 0 aliphatic carbocycles. The molecule has 172 valence electrons. The molecule has 0 fully saturated rings. The molecule has 0 atom stereocenters. The first kappa shape index (κ1) is 22.7. The molecule has 1 N–H and O–H groups in total. The lowest BCUT2D eigenvalue weighted by Crippen LogP contribution is -2.26. The van der Waals surface area contributed by atoms with Crippen molar-refractivity contribution >= 4 is 5.91 Å². The second kappa shape index (κ2) is 9.54. The SMILES string of the molecule is CN(C)Cc1cnc2c(c1)CN(C(=O)c1c(O)cc(C(F)F)cc1OCc1ccccc1)C2. The fourth-order valence-electron chi connectivity index (χ4n) is 3.87. The molecule has 2 aromatic carbocycles. The molecule has 4 rings (SSSR count). The van der Waals surface area contributed by atoms with Gasteiger partial charge in [-0.15, -0.1) is 0 Å². The predicted molar refractivity (Wildman–Crippen MR) is 119 cm³/mol. The molecule has 33 heavy (non-hydrogen) atoms. The van der Waals surface area contributed by atoms with Gasteiger partial charge in [-0.1, -0.05) is 30.3 Å². The van der Waals surface area contributed by atoms with Gasteiger partial charge in [-0.3, -0.25) is 9.78 Å². The first-order valence-electron chi connectivity index (χ1n) is 10.5. The number of hydrogen-bond donors (Lipinski definition) is 1. The number of benzene rings is 2. The van der Waals surface area contributed by atoms with Crippen LogP contribution in [0.2, 0.25) is 0 Å². The summed E-state index contributed by atoms with van der Waals surface area (Å²) in [6, 6.07) is 13.2. The van der Waals surface area contributed by atoms with E-state index in [1.165, 1.54) is 4.90 Å². The van der Waals surface area contributed by atoms with E-state index in [1.807, 2.05) is 55.4 Å². The summed E-state index contributed by atoms with van der Waals surface area (Å²) in [5, 5.41) is 10.5. The summed E-state index contributed by atoms with van der Waals surface area (Å²) >= 11 is 0. The number of carbonyl (C=O) groups excluding carboxylic acids is 1. The predicted octanol–water partition coefficient (Wildman–Crippen LogP) is 4.52. The summed E-state index contributed by atoms with van der Waals surface area (Å²) in [5.41, 5.74) is 3.01. The van der Waals surface area contributed by atoms with E-state index < -0.39 is 23.6 Å². The summed E-state index contributed by atoms with van der Waals surface area (Å²) < 4.78 is 32.5. The highest BCUT2D eigenvalue weighted by Crippen LogP contribution is 2.36. The maximum atomic E-state index is 13.4. The van der Waals surface area contributed by atoms with Crippen molar-refractivity contribution < 1.29 is 23.4 Å². The van der Waals surface area contributed by atoms with Gasteiger partial charge in [0.05, 0.1) is 12.2 Å². The highest BCUT2D eigenvalue weighted by atomic mass is 19.3. The van der Waals surface area contributed by atoms with Crippen molar-refractivity contribution in [3.05, 3.63) is 88.2 Å². The Hall–Kier alpha value is -3.52. The molecular formula is C25H25F2N3O3. The number of nitrogens with zero attached hydrogens (tertiary/aromatic N) is 3. The molecule has 6 nitrogen and oxygen atoms in total. The van der Waals surface area contributed by atoms with Gasteiger partial charge in [0, 0.05) is 24.8 Å². The third-order valence-corrected chi connectivity index (χ3v) is 5.41. The highest BCUT2D eigenvalue weighted by Gasteiger charge is 2.30. The Morgan fingerprint density at radius 1 is 1.15 bits per heavy atom. The molecule has 0 radical (unpaired) electrons. The molecule has 1 aromatic heterocycles. The van der Waals surface area contributed by atoms with Crippen molar-refractivity contribution in [1.29, 1.82) is 0 Å². The van der Waals surface area contributed by atoms with Crippen LogP contribution < -0.4 is 4.74 Å². The summed E-state index contributed by atoms with van der Waals surface area (Å²) in [6.07, 6.45) is -1.02. The number of aromatic hydroxyl groups is 1. The number of phenolic OH excluding ortho intramolecular Hbond substituents is 1. The monoisotopic (exact) mass is 453 g/mol. The molecule has 8 heteroatoms. The Labute approximate surface area is 191 Å². The zero-order valence-corrected chi connectivity index (χ0v) is 18.5. The van der Waals surface area contributed by atoms with Crippen molar-refractivity contribution in [2.75, 3.05) is 14.1 Å². The lowest BCUT2D eigenvalue weighted by atomic mass is 10.1. The number of amides is 1. The number of fused-ring (bicyclic) bond motifs is 1. The number of carbonyl (C=O) groups is 1. The topological polar surface area (TPSA) is 65.9 Å². The van der Waals surface area contributed by atoms with Crippen LogP contribution in [0, 0.1) is 0 Å². The molecule has 2 heterocycles. The van der Waals surface area contributed by atoms with Gasteiger partial charge in [0.1, 0.15) is 23.7 Å². The Kier molecular flexibility index (Phi) is 6.55. The highest BCUT2D eigenvalue weighted by molar-refractivity contribution is 6.00. The maximum Gasteiger partial charge on any atom is 0.264 e. The van der Waals surface area contributed by atoms with Gasteiger partial charge in [-0.05, 0) is 49.0 Å². The number of phenols is 1. The number of ether oxygens (including phenoxy) is 1. The zero-order valence-electron chi connectivity index (χ0n) is 18.5. The quantitative estimate of drug-likeness (QED) is 0.570. The van der Waals surface area contributed by atoms with Crippen LogP contribution >= 0.6 is 0 Å². The summed E-state index contributed by atoms with van der Waals surface area (Å²) in [5.74, 6) is -1.10. The van der Waals surface area contributed by atoms with Crippen molar-refractivity contribution in [3.8, 4) is 11.5 Å². The molecule has 0 unspecified atom stereocenters. The minimum Gasteiger partial charge on any atom is -0.507 e. The van der Waals surface area contributed by atoms with Crippen LogP contribution in [0.3, 0.4) is 0 Å². The third-order valence-electron chi connectivity index (χ3n) is 5.41. The average molecular weight is 453 g/mol. The summed E-state index contributed by atoms with van der Waals surface area (Å²) in [4.78, 5) is 21.4. The zero-order chi connectivity index (χ0) is 23.5. The molecule has 0 saturated carbocycles. The van der Waals surface area contributed by atoms with E-state index in [9.17, 15) is 18.7 Å². The van der Waals surface area contributed by atoms with Gasteiger partial charge in [0.2, 0.25) is 0 Å². The van der Waals surface area contributed by atoms with Crippen LogP contribution in [-0.2, 0) is 26.2 Å². The van der Waals surface area contributed by atoms with E-state index in [-0.39, 0.29) is 24.5 Å². The van der Waals surface area contributed by atoms with Crippen LogP contribution in [0.4, 0.5) is 8.78 Å². The van der Waals surface area contributed by atoms with Gasteiger partial charge in [-0.25, -0.2) is 8.78 Å². The molecular weight excluding hydrogens is 428 g/mol. The van der Waals surface area contributed by atoms with Gasteiger partial charge >= 0.3 is 0 Å². The smallest absolute Gasteiger partial charge is 0.264 e. The number of alkyl halides is 2. The summed E-state index contributed by atoms with van der Waals surface area (Å²) in [7, 11) is 3.93. The normalized spacial score (nSPS) is 13.0. The first-order chi connectivity index (χ1) is 15.8. The molecule has 1 aliphatic heterocycles. The van der Waals surface area contributed by atoms with Crippen LogP contribution in [0.15, 0.2) is 54.7 Å². The van der Waals surface area contributed by atoms with E-state index >= 15 is 0 Å². The van der Waals surface area contributed by atoms with Gasteiger partial charge in [0.15, 0.2) is 0 Å². The number of halogens is 2. The minimum absolute atomic E-state index is 0.0723. The standard InChI is InChI=1S/C25H25F2N3O3/c1-29(2)12-17-8-19-13-30(14-20(19)28-11-17)25(32)23-21(31)9-18(24(26)27)10-22(23)33-15-16-6-4-3-5-7-16/h3-11,24,31H,12-15H2,1-2H3. The Morgan fingerprint density at radius 3 is 2.61 bits per heavy atom. The van der Waals surface area contributed by atoms with Crippen LogP contribution in [0.5, 0.6) is 11.5 Å². The molecule has 1 amide bonds. The Morgan fingerprint density at radius 2 is 1.91 bits per heavy atom. The molecule has 3 aromatic rings. The van der Waals surface area contributed by atoms with E-state index in [0.29, 0.717) is 6.54 Å². The van der Waals surface area contributed by atoms with Crippen molar-refractivity contribution in [2.24, 2.45) is 0 Å². The maximum absolute atomic E-state index is 13.4. The number of rotatable bonds is 7. The number of aromatic nitrogens is 1. The fraction of sp³-hybridized carbons (Fsp3) is 0.280. The van der Waals surface area contributed by atoms with Crippen LogP contribution in [0.25, 0.3) is 0 Å². The summed E-state index contributed by atoms with van der Waals surface area (Å²) in [6.45, 7) is 1.38. The van der Waals surface area contributed by atoms with E-state index in [1.54, 1.807) is 6.20 Å². The van der Waals surface area contributed by atoms with Crippen molar-refractivity contribution in [3.63, 3.8) is 0 Å². The third kappa shape index (κ3) is 5.12. The Bertz CT molecular complexity index is 1150. The van der Waals surface area contributed by atoms with Gasteiger partial charge in [-0.2, -0.15) is 0 Å². The first-order valence-corrected chi connectivity index (χ1v) is 10.5. The van der Waals surface area contributed by atoms with Crippen LogP contribution in [0.1, 0.15) is 44.7 Å². The van der Waals surface area contributed by atoms with E-state index in [0.717, 1.165) is 41.1 Å². The van der Waals surface area contributed by atoms with Crippen molar-refractivity contribution in [1.82, 2.24) is 14.8 Å². The fourth-order valence-corrected chi connectivity index (χ4v) is 3.87. The van der Waals surface area contributed by atoms with Gasteiger partial charge < -0.3 is 19.6 Å². The largest absolute Gasteiger partial charge is 0.507 e. The van der Waals surface area contributed by atoms with E-state index in [4.69, 9.17) is 4.74 Å². The number of hydrogen-bond acceptors (Lipinski definition) is 5. The molecule has 0 saturated heterocycles. The van der Waals surface area contributed by atoms with Crippen LogP contribution in [-0.4, -0.2) is 39.9 Å². The Balaban J connectivity index is 1.60. The second-order valence-electron chi connectivity index (χ2n) is 8.34. The minimum atomic E-state index is -2.81. The van der Waals surface area contributed by atoms with E-state index in [2.05, 4.69) is 4.98 Å². The van der Waals surface area contributed by atoms with Gasteiger partial charge in [0.25, 0.3) is 12.3 Å². The molecule has 0 spiro atoms. The van der Waals surface area contributed by atoms with Crippen molar-refractivity contribution in [2.45, 2.75) is 32.7 Å². The lowest BCUT2D eigenvalue weighted by molar-refractivity contribution is 0.0741. The molecule has 0 bridgehead atoms. The number of pyridine rings is 1. The lowest BCUT2D eigenvalue weighted by Gasteiger charge is -2.20. The average Bonchev–Trinajstić information content (AvgIpc) is 3.20.